The number of nitrogens with zero attached hydrogens (tertiary/aromatic N) is 2. The third-order valence-corrected chi connectivity index (χ3v) is 2.36. The first-order chi connectivity index (χ1) is 7.72. The number of hydrogen-bond donors (Lipinski definition) is 1. The van der Waals surface area contributed by atoms with Crippen LogP contribution in [0.5, 0.6) is 5.88 Å². The number of methoxy groups -OCH3 is 1. The number of rotatable bonds is 2. The van der Waals surface area contributed by atoms with Crippen LogP contribution in [0, 0.1) is 6.92 Å². The predicted octanol–water partition coefficient (Wildman–Crippen LogP) is 2.04. The van der Waals surface area contributed by atoms with Crippen molar-refractivity contribution in [2.24, 2.45) is 0 Å². The van der Waals surface area contributed by atoms with Crippen molar-refractivity contribution in [1.82, 2.24) is 9.97 Å². The highest BCUT2D eigenvalue weighted by atomic mass is 16.5. The van der Waals surface area contributed by atoms with Crippen molar-refractivity contribution in [1.29, 1.82) is 0 Å². The molecule has 1 aromatic carbocycles. The lowest BCUT2D eigenvalue weighted by molar-refractivity contribution is 0.397. The molecule has 0 aliphatic carbocycles. The second-order valence-electron chi connectivity index (χ2n) is 3.49. The molecule has 1 aromatic heterocycles. The van der Waals surface area contributed by atoms with Gasteiger partial charge in [-0.3, -0.25) is 0 Å². The molecule has 0 aliphatic rings. The summed E-state index contributed by atoms with van der Waals surface area (Å²) in [7, 11) is 1.58. The number of ether oxygens (including phenoxy) is 1. The molecule has 0 aliphatic heterocycles. The molecule has 16 heavy (non-hydrogen) atoms. The minimum absolute atomic E-state index is 0.523. The van der Waals surface area contributed by atoms with Gasteiger partial charge in [0.2, 0.25) is 5.88 Å². The van der Waals surface area contributed by atoms with Gasteiger partial charge < -0.3 is 10.5 Å². The molecule has 1 heterocycles. The lowest BCUT2D eigenvalue weighted by Crippen LogP contribution is -1.96. The van der Waals surface area contributed by atoms with Crippen molar-refractivity contribution in [3.8, 4) is 17.1 Å². The van der Waals surface area contributed by atoms with E-state index in [0.29, 0.717) is 5.88 Å². The van der Waals surface area contributed by atoms with Gasteiger partial charge in [0.1, 0.15) is 5.69 Å². The van der Waals surface area contributed by atoms with E-state index in [2.05, 4.69) is 9.97 Å². The Labute approximate surface area is 94.1 Å². The average Bonchev–Trinajstić information content (AvgIpc) is 2.29. The van der Waals surface area contributed by atoms with Gasteiger partial charge in [-0.2, -0.15) is 0 Å². The van der Waals surface area contributed by atoms with Crippen LogP contribution in [0.15, 0.2) is 30.6 Å². The maximum atomic E-state index is 5.71. The molecule has 0 unspecified atom stereocenters. The number of nitrogen functional groups attached to an aromatic ring is 1. The molecule has 82 valence electrons. The van der Waals surface area contributed by atoms with Gasteiger partial charge in [0.05, 0.1) is 7.11 Å². The van der Waals surface area contributed by atoms with Gasteiger partial charge in [-0.25, -0.2) is 9.97 Å². The summed E-state index contributed by atoms with van der Waals surface area (Å²) < 4.78 is 5.18. The highest BCUT2D eigenvalue weighted by Gasteiger charge is 2.10. The Morgan fingerprint density at radius 2 is 1.94 bits per heavy atom. The first-order valence-electron chi connectivity index (χ1n) is 4.94. The van der Waals surface area contributed by atoms with Crippen LogP contribution in [0.2, 0.25) is 0 Å². The van der Waals surface area contributed by atoms with Crippen molar-refractivity contribution in [2.45, 2.75) is 6.92 Å². The van der Waals surface area contributed by atoms with E-state index < -0.39 is 0 Å². The summed E-state index contributed by atoms with van der Waals surface area (Å²) in [6.45, 7) is 1.99. The van der Waals surface area contributed by atoms with Gasteiger partial charge in [0.15, 0.2) is 0 Å². The number of benzene rings is 1. The fraction of sp³-hybridized carbons (Fsp3) is 0.167. The van der Waals surface area contributed by atoms with E-state index in [0.717, 1.165) is 22.5 Å². The Kier molecular flexibility index (Phi) is 2.72. The average molecular weight is 215 g/mol. The van der Waals surface area contributed by atoms with Gasteiger partial charge in [-0.15, -0.1) is 0 Å². The lowest BCUT2D eigenvalue weighted by Gasteiger charge is -2.08. The van der Waals surface area contributed by atoms with Crippen molar-refractivity contribution >= 4 is 5.69 Å². The SMILES string of the molecule is COc1nccnc1-c1ccc(N)cc1C. The third-order valence-electron chi connectivity index (χ3n) is 2.36. The summed E-state index contributed by atoms with van der Waals surface area (Å²) in [5, 5.41) is 0. The fourth-order valence-corrected chi connectivity index (χ4v) is 1.61. The molecule has 2 rings (SSSR count). The number of nitrogens with two attached hydrogens (primary N) is 1. The Morgan fingerprint density at radius 1 is 1.19 bits per heavy atom. The van der Waals surface area contributed by atoms with Crippen LogP contribution in [0.3, 0.4) is 0 Å². The Bertz CT molecular complexity index is 511. The van der Waals surface area contributed by atoms with Crippen LogP contribution in [-0.4, -0.2) is 17.1 Å². The molecule has 2 N–H and O–H groups in total. The minimum Gasteiger partial charge on any atom is -0.479 e. The third kappa shape index (κ3) is 1.82. The normalized spacial score (nSPS) is 10.1. The van der Waals surface area contributed by atoms with Crippen molar-refractivity contribution < 1.29 is 4.74 Å². The molecule has 0 saturated carbocycles. The van der Waals surface area contributed by atoms with Crippen molar-refractivity contribution in [3.63, 3.8) is 0 Å². The van der Waals surface area contributed by atoms with Gasteiger partial charge in [0, 0.05) is 23.6 Å². The zero-order valence-corrected chi connectivity index (χ0v) is 9.27. The molecule has 0 saturated heterocycles. The van der Waals surface area contributed by atoms with E-state index in [-0.39, 0.29) is 0 Å². The molecule has 0 radical (unpaired) electrons. The standard InChI is InChI=1S/C12H13N3O/c1-8-7-9(13)3-4-10(8)11-12(16-2)15-6-5-14-11/h3-7H,13H2,1-2H3. The summed E-state index contributed by atoms with van der Waals surface area (Å²) in [5.74, 6) is 0.523. The summed E-state index contributed by atoms with van der Waals surface area (Å²) in [4.78, 5) is 8.40. The van der Waals surface area contributed by atoms with E-state index >= 15 is 0 Å². The highest BCUT2D eigenvalue weighted by Crippen LogP contribution is 2.28. The predicted molar refractivity (Wildman–Crippen MR) is 63.2 cm³/mol. The summed E-state index contributed by atoms with van der Waals surface area (Å²) in [6, 6.07) is 5.68. The lowest BCUT2D eigenvalue weighted by atomic mass is 10.1. The van der Waals surface area contributed by atoms with Crippen LogP contribution in [0.25, 0.3) is 11.3 Å². The van der Waals surface area contributed by atoms with E-state index in [1.165, 1.54) is 0 Å². The van der Waals surface area contributed by atoms with Crippen LogP contribution in [0.4, 0.5) is 5.69 Å². The largest absolute Gasteiger partial charge is 0.479 e. The maximum Gasteiger partial charge on any atom is 0.240 e. The van der Waals surface area contributed by atoms with Crippen LogP contribution in [0.1, 0.15) is 5.56 Å². The molecule has 2 aromatic rings. The number of anilines is 1. The van der Waals surface area contributed by atoms with E-state index in [1.807, 2.05) is 25.1 Å². The molecule has 0 amide bonds. The fourth-order valence-electron chi connectivity index (χ4n) is 1.61. The molecule has 4 nitrogen and oxygen atoms in total. The van der Waals surface area contributed by atoms with Crippen molar-refractivity contribution in [2.75, 3.05) is 12.8 Å². The van der Waals surface area contributed by atoms with Crippen LogP contribution in [-0.2, 0) is 0 Å². The number of aryl methyl sites for hydroxylation is 1. The van der Waals surface area contributed by atoms with Gasteiger partial charge >= 0.3 is 0 Å². The van der Waals surface area contributed by atoms with Crippen molar-refractivity contribution in [3.05, 3.63) is 36.2 Å². The summed E-state index contributed by atoms with van der Waals surface area (Å²) in [6.07, 6.45) is 3.25. The molecular weight excluding hydrogens is 202 g/mol. The summed E-state index contributed by atoms with van der Waals surface area (Å²) in [5.41, 5.74) is 9.23. The monoisotopic (exact) mass is 215 g/mol. The summed E-state index contributed by atoms with van der Waals surface area (Å²) >= 11 is 0. The number of aromatic nitrogens is 2. The Hall–Kier alpha value is -2.10. The maximum absolute atomic E-state index is 5.71. The minimum atomic E-state index is 0.523. The van der Waals surface area contributed by atoms with E-state index in [4.69, 9.17) is 10.5 Å². The molecule has 0 fully saturated rings. The second kappa shape index (κ2) is 4.18. The zero-order valence-electron chi connectivity index (χ0n) is 9.27. The smallest absolute Gasteiger partial charge is 0.240 e. The van der Waals surface area contributed by atoms with Gasteiger partial charge in [-0.1, -0.05) is 6.07 Å². The topological polar surface area (TPSA) is 61.0 Å². The molecule has 0 bridgehead atoms. The Morgan fingerprint density at radius 3 is 2.62 bits per heavy atom. The highest BCUT2D eigenvalue weighted by molar-refractivity contribution is 5.69. The van der Waals surface area contributed by atoms with E-state index in [1.54, 1.807) is 19.5 Å². The first kappa shape index (κ1) is 10.4. The Balaban J connectivity index is 2.58. The second-order valence-corrected chi connectivity index (χ2v) is 3.49. The van der Waals surface area contributed by atoms with Gasteiger partial charge in [-0.05, 0) is 24.6 Å². The molecule has 0 atom stereocenters. The van der Waals surface area contributed by atoms with Gasteiger partial charge in [0.25, 0.3) is 0 Å². The van der Waals surface area contributed by atoms with Crippen LogP contribution < -0.4 is 10.5 Å². The van der Waals surface area contributed by atoms with Crippen LogP contribution >= 0.6 is 0 Å². The molecule has 0 spiro atoms. The molecule has 4 heteroatoms. The zero-order chi connectivity index (χ0) is 11.5. The van der Waals surface area contributed by atoms with E-state index in [9.17, 15) is 0 Å². The number of hydrogen-bond acceptors (Lipinski definition) is 4. The molecular formula is C12H13N3O. The quantitative estimate of drug-likeness (QED) is 0.779. The first-order valence-corrected chi connectivity index (χ1v) is 4.94.